The minimum atomic E-state index is -1.07. The molecule has 2 aromatic carbocycles. The number of rotatable bonds is 10. The lowest BCUT2D eigenvalue weighted by Gasteiger charge is -2.26. The molecule has 1 aliphatic carbocycles. The molecule has 0 saturated heterocycles. The predicted octanol–water partition coefficient (Wildman–Crippen LogP) is 2.68. The molecule has 8 heteroatoms. The zero-order chi connectivity index (χ0) is 26.2. The van der Waals surface area contributed by atoms with Crippen molar-refractivity contribution in [3.63, 3.8) is 0 Å². The highest BCUT2D eigenvalue weighted by Gasteiger charge is 2.36. The third-order valence-electron chi connectivity index (χ3n) is 6.64. The van der Waals surface area contributed by atoms with Crippen molar-refractivity contribution in [2.75, 3.05) is 0 Å². The lowest BCUT2D eigenvalue weighted by Crippen LogP contribution is -2.53. The van der Waals surface area contributed by atoms with Crippen LogP contribution in [0.25, 0.3) is 0 Å². The molecular formula is C28H36N4O4. The summed E-state index contributed by atoms with van der Waals surface area (Å²) in [5, 5.41) is 8.54. The molecule has 36 heavy (non-hydrogen) atoms. The Bertz CT molecular complexity index is 1050. The molecule has 1 fully saturated rings. The van der Waals surface area contributed by atoms with Gasteiger partial charge in [-0.2, -0.15) is 0 Å². The summed E-state index contributed by atoms with van der Waals surface area (Å²) >= 11 is 0. The van der Waals surface area contributed by atoms with Crippen LogP contribution in [0.4, 0.5) is 0 Å². The van der Waals surface area contributed by atoms with Gasteiger partial charge in [0.1, 0.15) is 6.04 Å². The SMILES string of the molecule is CC(=O)NC(CC(N)=O)C(=O)NC1CCCC1C(=O)NC(c1ccccc1)c1ccc(C(C)C)cc1. The second kappa shape index (κ2) is 12.3. The van der Waals surface area contributed by atoms with Crippen LogP contribution in [0.2, 0.25) is 0 Å². The molecular weight excluding hydrogens is 456 g/mol. The van der Waals surface area contributed by atoms with Gasteiger partial charge in [0.05, 0.1) is 18.4 Å². The van der Waals surface area contributed by atoms with Crippen LogP contribution in [0.5, 0.6) is 0 Å². The first-order chi connectivity index (χ1) is 17.2. The number of hydrogen-bond donors (Lipinski definition) is 4. The van der Waals surface area contributed by atoms with E-state index >= 15 is 0 Å². The topological polar surface area (TPSA) is 130 Å². The quantitative estimate of drug-likeness (QED) is 0.406. The van der Waals surface area contributed by atoms with Crippen LogP contribution in [0.1, 0.15) is 75.1 Å². The monoisotopic (exact) mass is 492 g/mol. The minimum Gasteiger partial charge on any atom is -0.370 e. The number of amides is 4. The van der Waals surface area contributed by atoms with Crippen molar-refractivity contribution in [3.05, 3.63) is 71.3 Å². The van der Waals surface area contributed by atoms with Crippen LogP contribution < -0.4 is 21.7 Å². The first kappa shape index (κ1) is 26.9. The lowest BCUT2D eigenvalue weighted by molar-refractivity contribution is -0.132. The Morgan fingerprint density at radius 2 is 1.50 bits per heavy atom. The predicted molar refractivity (Wildman–Crippen MR) is 138 cm³/mol. The molecule has 0 aliphatic heterocycles. The third-order valence-corrected chi connectivity index (χ3v) is 6.64. The maximum Gasteiger partial charge on any atom is 0.243 e. The highest BCUT2D eigenvalue weighted by molar-refractivity contribution is 5.92. The molecule has 4 unspecified atom stereocenters. The van der Waals surface area contributed by atoms with Crippen molar-refractivity contribution in [2.45, 2.75) is 70.5 Å². The summed E-state index contributed by atoms with van der Waals surface area (Å²) in [6, 6.07) is 16.2. The molecule has 0 spiro atoms. The first-order valence-electron chi connectivity index (χ1n) is 12.5. The van der Waals surface area contributed by atoms with E-state index in [9.17, 15) is 19.2 Å². The van der Waals surface area contributed by atoms with Crippen LogP contribution in [0.3, 0.4) is 0 Å². The number of nitrogens with one attached hydrogen (secondary N) is 3. The Hall–Kier alpha value is -3.68. The number of nitrogens with two attached hydrogens (primary N) is 1. The zero-order valence-electron chi connectivity index (χ0n) is 21.1. The standard InChI is InChI=1S/C28H36N4O4/c1-17(2)19-12-14-21(15-13-19)26(20-8-5-4-6-9-20)32-27(35)22-10-7-11-23(22)31-28(36)24(16-25(29)34)30-18(3)33/h4-6,8-9,12-15,17,22-24,26H,7,10-11,16H2,1-3H3,(H2,29,34)(H,30,33)(H,31,36)(H,32,35). The van der Waals surface area contributed by atoms with Gasteiger partial charge in [-0.3, -0.25) is 19.2 Å². The number of benzene rings is 2. The van der Waals surface area contributed by atoms with Gasteiger partial charge in [-0.15, -0.1) is 0 Å². The molecule has 1 saturated carbocycles. The summed E-state index contributed by atoms with van der Waals surface area (Å²) < 4.78 is 0. The zero-order valence-corrected chi connectivity index (χ0v) is 21.1. The van der Waals surface area contributed by atoms with Gasteiger partial charge in [-0.05, 0) is 35.4 Å². The molecule has 192 valence electrons. The fourth-order valence-electron chi connectivity index (χ4n) is 4.71. The fraction of sp³-hybridized carbons (Fsp3) is 0.429. The Labute approximate surface area is 212 Å². The van der Waals surface area contributed by atoms with Crippen molar-refractivity contribution in [2.24, 2.45) is 11.7 Å². The van der Waals surface area contributed by atoms with E-state index in [0.29, 0.717) is 18.8 Å². The van der Waals surface area contributed by atoms with Crippen molar-refractivity contribution < 1.29 is 19.2 Å². The molecule has 0 radical (unpaired) electrons. The van der Waals surface area contributed by atoms with Gasteiger partial charge >= 0.3 is 0 Å². The Kier molecular flexibility index (Phi) is 9.22. The third kappa shape index (κ3) is 7.16. The second-order valence-electron chi connectivity index (χ2n) is 9.75. The smallest absolute Gasteiger partial charge is 0.243 e. The van der Waals surface area contributed by atoms with Gasteiger partial charge in [-0.25, -0.2) is 0 Å². The molecule has 1 aliphatic rings. The van der Waals surface area contributed by atoms with Gasteiger partial charge in [0.15, 0.2) is 0 Å². The number of carbonyl (C=O) groups is 4. The second-order valence-corrected chi connectivity index (χ2v) is 9.75. The molecule has 0 aromatic heterocycles. The number of primary amides is 1. The molecule has 8 nitrogen and oxygen atoms in total. The average Bonchev–Trinajstić information content (AvgIpc) is 3.30. The Morgan fingerprint density at radius 3 is 2.08 bits per heavy atom. The number of carbonyl (C=O) groups excluding carboxylic acids is 4. The van der Waals surface area contributed by atoms with Gasteiger partial charge in [0.25, 0.3) is 0 Å². The largest absolute Gasteiger partial charge is 0.370 e. The molecule has 5 N–H and O–H groups in total. The van der Waals surface area contributed by atoms with Gasteiger partial charge in [-0.1, -0.05) is 74.9 Å². The fourth-order valence-corrected chi connectivity index (χ4v) is 4.71. The average molecular weight is 493 g/mol. The summed E-state index contributed by atoms with van der Waals surface area (Å²) in [5.41, 5.74) is 8.41. The molecule has 0 bridgehead atoms. The van der Waals surface area contributed by atoms with E-state index in [2.05, 4.69) is 41.9 Å². The van der Waals surface area contributed by atoms with E-state index in [1.165, 1.54) is 12.5 Å². The van der Waals surface area contributed by atoms with Crippen molar-refractivity contribution >= 4 is 23.6 Å². The molecule has 2 aromatic rings. The maximum absolute atomic E-state index is 13.5. The summed E-state index contributed by atoms with van der Waals surface area (Å²) in [6.07, 6.45) is 1.73. The molecule has 4 atom stereocenters. The highest BCUT2D eigenvalue weighted by Crippen LogP contribution is 2.29. The summed E-state index contributed by atoms with van der Waals surface area (Å²) in [4.78, 5) is 49.2. The van der Waals surface area contributed by atoms with E-state index in [1.54, 1.807) is 0 Å². The van der Waals surface area contributed by atoms with Crippen molar-refractivity contribution in [3.8, 4) is 0 Å². The van der Waals surface area contributed by atoms with E-state index in [1.807, 2.05) is 42.5 Å². The van der Waals surface area contributed by atoms with Crippen molar-refractivity contribution in [1.29, 1.82) is 0 Å². The van der Waals surface area contributed by atoms with Gasteiger partial charge in [0.2, 0.25) is 23.6 Å². The first-order valence-corrected chi connectivity index (χ1v) is 12.5. The van der Waals surface area contributed by atoms with E-state index < -0.39 is 35.7 Å². The Morgan fingerprint density at radius 1 is 0.889 bits per heavy atom. The summed E-state index contributed by atoms with van der Waals surface area (Å²) in [6.45, 7) is 5.55. The van der Waals surface area contributed by atoms with Crippen LogP contribution >= 0.6 is 0 Å². The number of hydrogen-bond acceptors (Lipinski definition) is 4. The van der Waals surface area contributed by atoms with Gasteiger partial charge in [0, 0.05) is 13.0 Å². The van der Waals surface area contributed by atoms with Crippen LogP contribution in [0.15, 0.2) is 54.6 Å². The minimum absolute atomic E-state index is 0.148. The lowest BCUT2D eigenvalue weighted by atomic mass is 9.94. The van der Waals surface area contributed by atoms with E-state index in [0.717, 1.165) is 17.5 Å². The van der Waals surface area contributed by atoms with E-state index in [4.69, 9.17) is 5.73 Å². The summed E-state index contributed by atoms with van der Waals surface area (Å²) in [7, 11) is 0. The van der Waals surface area contributed by atoms with Crippen LogP contribution in [-0.4, -0.2) is 35.7 Å². The maximum atomic E-state index is 13.5. The van der Waals surface area contributed by atoms with Crippen LogP contribution in [0, 0.1) is 5.92 Å². The van der Waals surface area contributed by atoms with Crippen molar-refractivity contribution in [1.82, 2.24) is 16.0 Å². The molecule has 0 heterocycles. The Balaban J connectivity index is 1.76. The van der Waals surface area contributed by atoms with Crippen LogP contribution in [-0.2, 0) is 19.2 Å². The molecule has 4 amide bonds. The highest BCUT2D eigenvalue weighted by atomic mass is 16.2. The van der Waals surface area contributed by atoms with Gasteiger partial charge < -0.3 is 21.7 Å². The summed E-state index contributed by atoms with van der Waals surface area (Å²) in [5.74, 6) is -1.82. The molecule has 3 rings (SSSR count). The van der Waals surface area contributed by atoms with E-state index in [-0.39, 0.29) is 18.4 Å². The normalized spacial score (nSPS) is 18.8.